The Morgan fingerprint density at radius 3 is 1.85 bits per heavy atom. The van der Waals surface area contributed by atoms with Crippen molar-refractivity contribution in [2.75, 3.05) is 88.5 Å². The largest absolute Gasteiger partial charge is 0.461 e. The maximum Gasteiger partial charge on any atom is 0.312 e. The predicted molar refractivity (Wildman–Crippen MR) is 316 cm³/mol. The molecule has 0 saturated carbocycles. The highest BCUT2D eigenvalue weighted by Gasteiger charge is 2.32. The lowest BCUT2D eigenvalue weighted by Crippen LogP contribution is -2.58. The fraction of sp³-hybridized carbons (Fsp3) is 0.508. The fourth-order valence-electron chi connectivity index (χ4n) is 8.13. The number of anilines is 2. The third-order valence-corrected chi connectivity index (χ3v) is 13.5. The van der Waals surface area contributed by atoms with Crippen LogP contribution in [0.25, 0.3) is 0 Å². The number of hydrogen-bond donors (Lipinski definition) is 9. The van der Waals surface area contributed by atoms with Crippen molar-refractivity contribution in [1.82, 2.24) is 31.9 Å². The molecule has 9 amide bonds. The van der Waals surface area contributed by atoms with Crippen LogP contribution in [0.3, 0.4) is 0 Å². The average Bonchev–Trinajstić information content (AvgIpc) is 2.15. The minimum absolute atomic E-state index is 0.00934. The zero-order valence-electron chi connectivity index (χ0n) is 49.1. The number of urea groups is 1. The Labute approximate surface area is 501 Å². The highest BCUT2D eigenvalue weighted by Crippen LogP contribution is 2.26. The first-order chi connectivity index (χ1) is 41.1. The van der Waals surface area contributed by atoms with Crippen LogP contribution in [-0.4, -0.2) is 163 Å². The molecule has 4 rings (SSSR count). The summed E-state index contributed by atoms with van der Waals surface area (Å²) in [7, 11) is -4.38. The van der Waals surface area contributed by atoms with Gasteiger partial charge in [0.15, 0.2) is 0 Å². The molecule has 86 heavy (non-hydrogen) atoms. The van der Waals surface area contributed by atoms with Crippen LogP contribution in [-0.2, 0) is 85.3 Å². The standard InChI is InChI=1S/C59H81N9O17S/c1-40(2)54(57(75)66-47(13-9-26-63-59(60)77)55(73)64-46-19-15-42(16-20-46)39-85-58(76)41(3)4)67-56(74)48(21-22-50(69)62-28-37-86(78,79)80)65-52(71)25-29-81-31-33-83-35-36-84-34-32-82-30-27-61-51(70)23-24-53(72)68-38-45-12-6-5-10-43(45)17-18-44-11-7-8-14-49(44)68/h5-8,10-12,14-16,19-20,40-41,47-48,54H,9,13,21-39H2,1-4H3,(H,61,70)(H,62,69)(H,64,73)(H,65,71)(H,66,75)(H,67,74)(H3,60,63,77)(H,78,79,80)/t47-,48+,54-/m0/s1. The van der Waals surface area contributed by atoms with Gasteiger partial charge in [0, 0.05) is 62.1 Å². The van der Waals surface area contributed by atoms with Crippen LogP contribution < -0.4 is 47.9 Å². The van der Waals surface area contributed by atoms with Crippen molar-refractivity contribution in [2.24, 2.45) is 17.6 Å². The maximum absolute atomic E-state index is 13.9. The van der Waals surface area contributed by atoms with Crippen molar-refractivity contribution in [3.63, 3.8) is 0 Å². The lowest BCUT2D eigenvalue weighted by atomic mass is 10.0. The summed E-state index contributed by atoms with van der Waals surface area (Å²) in [6.45, 7) is 8.38. The number of fused-ring (bicyclic) bond motifs is 2. The second-order valence-corrected chi connectivity index (χ2v) is 22.0. The fourth-order valence-corrected chi connectivity index (χ4v) is 8.49. The summed E-state index contributed by atoms with van der Waals surface area (Å²) in [6, 6.07) is 16.9. The second kappa shape index (κ2) is 38.1. The molecule has 0 spiro atoms. The van der Waals surface area contributed by atoms with Gasteiger partial charge in [0.1, 0.15) is 24.7 Å². The van der Waals surface area contributed by atoms with Crippen molar-refractivity contribution in [1.29, 1.82) is 0 Å². The summed E-state index contributed by atoms with van der Waals surface area (Å²) in [5.41, 5.74) is 9.43. The number of benzene rings is 3. The molecule has 26 nitrogen and oxygen atoms in total. The monoisotopic (exact) mass is 1220 g/mol. The zero-order valence-corrected chi connectivity index (χ0v) is 49.9. The molecule has 1 aliphatic rings. The van der Waals surface area contributed by atoms with Crippen LogP contribution in [0.5, 0.6) is 0 Å². The van der Waals surface area contributed by atoms with E-state index in [2.05, 4.69) is 49.1 Å². The molecule has 0 radical (unpaired) electrons. The molecule has 0 fully saturated rings. The summed E-state index contributed by atoms with van der Waals surface area (Å²) in [4.78, 5) is 118. The highest BCUT2D eigenvalue weighted by molar-refractivity contribution is 7.85. The normalized spacial score (nSPS) is 12.8. The van der Waals surface area contributed by atoms with Crippen molar-refractivity contribution in [3.05, 3.63) is 95.1 Å². The number of carbonyl (C=O) groups excluding carboxylic acids is 9. The molecule has 0 bridgehead atoms. The van der Waals surface area contributed by atoms with E-state index in [1.165, 1.54) is 0 Å². The number of primary amides is 1. The quantitative estimate of drug-likeness (QED) is 0.0171. The van der Waals surface area contributed by atoms with E-state index >= 15 is 0 Å². The number of carbonyl (C=O) groups is 9. The molecule has 1 aliphatic heterocycles. The van der Waals surface area contributed by atoms with Crippen molar-refractivity contribution in [3.8, 4) is 11.8 Å². The molecule has 0 saturated heterocycles. The minimum atomic E-state index is -4.38. The van der Waals surface area contributed by atoms with Crippen molar-refractivity contribution < 1.29 is 79.8 Å². The topological polar surface area (TPSA) is 368 Å². The zero-order chi connectivity index (χ0) is 62.9. The summed E-state index contributed by atoms with van der Waals surface area (Å²) < 4.78 is 58.8. The van der Waals surface area contributed by atoms with E-state index in [1.54, 1.807) is 56.9 Å². The summed E-state index contributed by atoms with van der Waals surface area (Å²) >= 11 is 0. The van der Waals surface area contributed by atoms with Crippen LogP contribution in [0.1, 0.15) is 94.9 Å². The number of ether oxygens (including phenoxy) is 5. The predicted octanol–water partition coefficient (Wildman–Crippen LogP) is 1.97. The molecular formula is C59H81N9O17S. The summed E-state index contributed by atoms with van der Waals surface area (Å²) in [5, 5.41) is 18.1. The van der Waals surface area contributed by atoms with Gasteiger partial charge in [-0.1, -0.05) is 82.0 Å². The Kier molecular flexibility index (Phi) is 31.3. The Hall–Kier alpha value is -8.00. The van der Waals surface area contributed by atoms with Gasteiger partial charge in [-0.25, -0.2) is 4.79 Å². The molecule has 0 aliphatic carbocycles. The second-order valence-electron chi connectivity index (χ2n) is 20.4. The number of nitrogens with zero attached hydrogens (tertiary/aromatic N) is 1. The Morgan fingerprint density at radius 2 is 1.20 bits per heavy atom. The summed E-state index contributed by atoms with van der Waals surface area (Å²) in [5.74, 6) is 0.271. The number of para-hydroxylation sites is 1. The Balaban J connectivity index is 1.16. The minimum Gasteiger partial charge on any atom is -0.461 e. The van der Waals surface area contributed by atoms with Crippen LogP contribution in [0.15, 0.2) is 72.8 Å². The number of hydrogen-bond acceptors (Lipinski definition) is 16. The van der Waals surface area contributed by atoms with Gasteiger partial charge in [-0.05, 0) is 66.6 Å². The molecule has 3 atom stereocenters. The molecule has 27 heteroatoms. The van der Waals surface area contributed by atoms with Crippen molar-refractivity contribution in [2.45, 2.75) is 104 Å². The van der Waals surface area contributed by atoms with Crippen LogP contribution in [0.2, 0.25) is 0 Å². The first-order valence-electron chi connectivity index (χ1n) is 28.4. The van der Waals surface area contributed by atoms with Gasteiger partial charge in [-0.15, -0.1) is 0 Å². The third kappa shape index (κ3) is 27.8. The highest BCUT2D eigenvalue weighted by atomic mass is 32.2. The van der Waals surface area contributed by atoms with Crippen LogP contribution in [0.4, 0.5) is 16.2 Å². The molecule has 3 aromatic rings. The van der Waals surface area contributed by atoms with Gasteiger partial charge in [-0.2, -0.15) is 8.42 Å². The van der Waals surface area contributed by atoms with Crippen molar-refractivity contribution >= 4 is 74.8 Å². The number of rotatable bonds is 39. The molecule has 0 unspecified atom stereocenters. The van der Waals surface area contributed by atoms with Gasteiger partial charge in [0.2, 0.25) is 41.4 Å². The van der Waals surface area contributed by atoms with Gasteiger partial charge in [0.05, 0.1) is 76.8 Å². The molecule has 10 N–H and O–H groups in total. The average molecular weight is 1220 g/mol. The Morgan fingerprint density at radius 1 is 0.605 bits per heavy atom. The maximum atomic E-state index is 13.9. The first-order valence-corrected chi connectivity index (χ1v) is 30.0. The summed E-state index contributed by atoms with van der Waals surface area (Å²) in [6.07, 6.45) is -0.647. The van der Waals surface area contributed by atoms with E-state index < -0.39 is 82.0 Å². The molecule has 0 aromatic heterocycles. The smallest absolute Gasteiger partial charge is 0.312 e. The van der Waals surface area contributed by atoms with E-state index in [0.717, 1.165) is 16.7 Å². The van der Waals surface area contributed by atoms with Gasteiger partial charge in [0.25, 0.3) is 10.1 Å². The van der Waals surface area contributed by atoms with Crippen LogP contribution >= 0.6 is 0 Å². The van der Waals surface area contributed by atoms with E-state index in [1.807, 2.05) is 48.5 Å². The van der Waals surface area contributed by atoms with E-state index in [-0.39, 0.29) is 141 Å². The number of esters is 1. The number of nitrogens with one attached hydrogen (secondary N) is 7. The van der Waals surface area contributed by atoms with Gasteiger partial charge in [-0.3, -0.25) is 42.9 Å². The third-order valence-electron chi connectivity index (χ3n) is 12.8. The molecular weight excluding hydrogens is 1140 g/mol. The van der Waals surface area contributed by atoms with Gasteiger partial charge < -0.3 is 71.5 Å². The van der Waals surface area contributed by atoms with E-state index in [9.17, 15) is 51.6 Å². The molecule has 1 heterocycles. The lowest BCUT2D eigenvalue weighted by molar-refractivity contribution is -0.148. The molecule has 3 aromatic carbocycles. The lowest BCUT2D eigenvalue weighted by Gasteiger charge is -2.27. The van der Waals surface area contributed by atoms with Crippen LogP contribution in [0, 0.1) is 23.7 Å². The number of nitrogens with two attached hydrogens (primary N) is 1. The molecule has 470 valence electrons. The van der Waals surface area contributed by atoms with E-state index in [4.69, 9.17) is 34.0 Å². The van der Waals surface area contributed by atoms with Gasteiger partial charge >= 0.3 is 12.0 Å². The Bertz CT molecular complexity index is 2910. The SMILES string of the molecule is CC(C)C(=O)OCc1ccc(NC(=O)[C@H](CCCNC(N)=O)NC(=O)[C@@H](NC(=O)[C@@H](CCC(=O)NCCS(=O)(=O)O)NC(=O)CCOCCOCCOCCOCCNC(=O)CCC(=O)N2Cc3ccccc3C#Cc3ccccc32)C(C)C)cc1. The number of amides is 9. The van der Waals surface area contributed by atoms with E-state index in [0.29, 0.717) is 23.5 Å². The first kappa shape index (κ1) is 70.5.